The van der Waals surface area contributed by atoms with E-state index in [1.807, 2.05) is 24.5 Å². The number of aromatic nitrogens is 1. The molecule has 0 radical (unpaired) electrons. The number of pyridine rings is 1. The number of rotatable bonds is 4. The van der Waals surface area contributed by atoms with Crippen LogP contribution in [0.1, 0.15) is 0 Å². The first-order valence-electron chi connectivity index (χ1n) is 5.73. The number of methoxy groups -OCH3 is 2. The van der Waals surface area contributed by atoms with Crippen molar-refractivity contribution in [1.29, 1.82) is 0 Å². The molecule has 0 aliphatic heterocycles. The van der Waals surface area contributed by atoms with Crippen LogP contribution >= 0.6 is 35.0 Å². The number of nitrogens with zero attached hydrogens (tertiary/aromatic N) is 1. The fraction of sp³-hybridized carbons (Fsp3) is 0.214. The third-order valence-electron chi connectivity index (χ3n) is 2.76. The molecule has 1 heterocycles. The molecule has 1 aromatic carbocycles. The van der Waals surface area contributed by atoms with Gasteiger partial charge in [0.15, 0.2) is 0 Å². The molecule has 2 aromatic rings. The molecule has 0 spiro atoms. The molecule has 1 aromatic heterocycles. The average Bonchev–Trinajstić information content (AvgIpc) is 2.48. The van der Waals surface area contributed by atoms with Crippen LogP contribution in [-0.4, -0.2) is 25.5 Å². The summed E-state index contributed by atoms with van der Waals surface area (Å²) in [6.45, 7) is 0. The first-order chi connectivity index (χ1) is 9.62. The fourth-order valence-corrected chi connectivity index (χ4v) is 2.88. The maximum Gasteiger partial charge on any atom is 0.141 e. The average molecular weight is 330 g/mol. The summed E-state index contributed by atoms with van der Waals surface area (Å²) in [6.07, 6.45) is 1.96. The number of halogens is 2. The molecular weight excluding hydrogens is 317 g/mol. The van der Waals surface area contributed by atoms with Crippen LogP contribution in [0.2, 0.25) is 10.0 Å². The normalized spacial score (nSPS) is 10.4. The molecule has 106 valence electrons. The van der Waals surface area contributed by atoms with Gasteiger partial charge in [0.05, 0.1) is 35.0 Å². The van der Waals surface area contributed by atoms with Crippen molar-refractivity contribution in [1.82, 2.24) is 4.98 Å². The van der Waals surface area contributed by atoms with Gasteiger partial charge in [0.2, 0.25) is 0 Å². The number of thioether (sulfide) groups is 1. The Morgan fingerprint density at radius 2 is 1.65 bits per heavy atom. The summed E-state index contributed by atoms with van der Waals surface area (Å²) in [5.74, 6) is 0.999. The molecule has 0 unspecified atom stereocenters. The second kappa shape index (κ2) is 6.57. The van der Waals surface area contributed by atoms with Gasteiger partial charge in [0, 0.05) is 11.6 Å². The number of hydrogen-bond donors (Lipinski definition) is 0. The highest BCUT2D eigenvalue weighted by Gasteiger charge is 2.19. The van der Waals surface area contributed by atoms with Gasteiger partial charge in [-0.2, -0.15) is 0 Å². The Bertz CT molecular complexity index is 607. The lowest BCUT2D eigenvalue weighted by Gasteiger charge is -2.14. The lowest BCUT2D eigenvalue weighted by molar-refractivity contribution is 0.395. The van der Waals surface area contributed by atoms with E-state index >= 15 is 0 Å². The number of ether oxygens (including phenoxy) is 2. The van der Waals surface area contributed by atoms with E-state index in [0.29, 0.717) is 32.8 Å². The van der Waals surface area contributed by atoms with Gasteiger partial charge in [-0.05, 0) is 18.4 Å². The Morgan fingerprint density at radius 1 is 1.05 bits per heavy atom. The van der Waals surface area contributed by atoms with Crippen molar-refractivity contribution in [3.05, 3.63) is 34.3 Å². The van der Waals surface area contributed by atoms with E-state index in [-0.39, 0.29) is 0 Å². The van der Waals surface area contributed by atoms with Crippen molar-refractivity contribution in [2.24, 2.45) is 0 Å². The van der Waals surface area contributed by atoms with Crippen molar-refractivity contribution in [3.8, 4) is 22.8 Å². The molecule has 20 heavy (non-hydrogen) atoms. The lowest BCUT2D eigenvalue weighted by Crippen LogP contribution is -1.95. The summed E-state index contributed by atoms with van der Waals surface area (Å²) in [4.78, 5) is 4.52. The maximum atomic E-state index is 6.36. The highest BCUT2D eigenvalue weighted by atomic mass is 35.5. The van der Waals surface area contributed by atoms with E-state index in [0.717, 1.165) is 5.03 Å². The van der Waals surface area contributed by atoms with Crippen LogP contribution in [0.25, 0.3) is 11.3 Å². The summed E-state index contributed by atoms with van der Waals surface area (Å²) < 4.78 is 10.5. The quantitative estimate of drug-likeness (QED) is 0.754. The van der Waals surface area contributed by atoms with Crippen molar-refractivity contribution in [2.45, 2.75) is 5.03 Å². The Morgan fingerprint density at radius 3 is 2.15 bits per heavy atom. The van der Waals surface area contributed by atoms with Crippen LogP contribution < -0.4 is 9.47 Å². The zero-order valence-electron chi connectivity index (χ0n) is 11.2. The molecule has 0 N–H and O–H groups in total. The Kier molecular flexibility index (Phi) is 5.02. The van der Waals surface area contributed by atoms with E-state index in [2.05, 4.69) is 4.98 Å². The minimum absolute atomic E-state index is 0.420. The summed E-state index contributed by atoms with van der Waals surface area (Å²) in [7, 11) is 3.09. The Balaban J connectivity index is 2.71. The Hall–Kier alpha value is -1.10. The first kappa shape index (κ1) is 15.3. The minimum Gasteiger partial charge on any atom is -0.495 e. The third-order valence-corrected chi connectivity index (χ3v) is 4.16. The highest BCUT2D eigenvalue weighted by Crippen LogP contribution is 2.45. The van der Waals surface area contributed by atoms with Crippen molar-refractivity contribution in [3.63, 3.8) is 0 Å². The molecule has 0 aliphatic carbocycles. The molecule has 0 atom stereocenters. The van der Waals surface area contributed by atoms with Crippen molar-refractivity contribution >= 4 is 35.0 Å². The second-order valence-electron chi connectivity index (χ2n) is 3.85. The van der Waals surface area contributed by atoms with Gasteiger partial charge in [0.1, 0.15) is 11.5 Å². The zero-order chi connectivity index (χ0) is 14.7. The largest absolute Gasteiger partial charge is 0.495 e. The van der Waals surface area contributed by atoms with Crippen molar-refractivity contribution in [2.75, 3.05) is 20.5 Å². The molecule has 0 saturated carbocycles. The molecule has 2 rings (SSSR count). The predicted octanol–water partition coefficient (Wildman–Crippen LogP) is 4.79. The fourth-order valence-electron chi connectivity index (χ4n) is 1.78. The van der Waals surface area contributed by atoms with Crippen LogP contribution in [0.4, 0.5) is 0 Å². The summed E-state index contributed by atoms with van der Waals surface area (Å²) in [5, 5.41) is 1.73. The van der Waals surface area contributed by atoms with E-state index < -0.39 is 0 Å². The van der Waals surface area contributed by atoms with Gasteiger partial charge in [-0.15, -0.1) is 11.8 Å². The van der Waals surface area contributed by atoms with Crippen LogP contribution in [0.3, 0.4) is 0 Å². The summed E-state index contributed by atoms with van der Waals surface area (Å²) in [6, 6.07) is 7.35. The minimum atomic E-state index is 0.420. The van der Waals surface area contributed by atoms with Gasteiger partial charge >= 0.3 is 0 Å². The second-order valence-corrected chi connectivity index (χ2v) is 5.43. The van der Waals surface area contributed by atoms with Gasteiger partial charge in [-0.25, -0.2) is 4.98 Å². The maximum absolute atomic E-state index is 6.36. The monoisotopic (exact) mass is 329 g/mol. The van der Waals surface area contributed by atoms with Crippen LogP contribution in [0.15, 0.2) is 29.3 Å². The molecule has 0 bridgehead atoms. The molecule has 0 fully saturated rings. The van der Waals surface area contributed by atoms with E-state index in [1.165, 1.54) is 0 Å². The van der Waals surface area contributed by atoms with Gasteiger partial charge < -0.3 is 9.47 Å². The van der Waals surface area contributed by atoms with Crippen LogP contribution in [0, 0.1) is 0 Å². The van der Waals surface area contributed by atoms with Gasteiger partial charge in [-0.3, -0.25) is 0 Å². The Labute approximate surface area is 132 Å². The standard InChI is InChI=1S/C14H13Cl2NO2S/c1-18-9-7-10(19-2)14(16)12(13(9)15)8-5-4-6-11(17-8)20-3/h4-7H,1-3H3. The third kappa shape index (κ3) is 2.82. The molecule has 0 aliphatic rings. The molecule has 3 nitrogen and oxygen atoms in total. The highest BCUT2D eigenvalue weighted by molar-refractivity contribution is 7.98. The molecule has 0 amide bonds. The number of benzene rings is 1. The van der Waals surface area contributed by atoms with E-state index in [4.69, 9.17) is 32.7 Å². The number of hydrogen-bond acceptors (Lipinski definition) is 4. The smallest absolute Gasteiger partial charge is 0.141 e. The van der Waals surface area contributed by atoms with E-state index in [1.54, 1.807) is 32.0 Å². The SMILES string of the molecule is COc1cc(OC)c(Cl)c(-c2cccc(SC)n2)c1Cl. The van der Waals surface area contributed by atoms with Gasteiger partial charge in [0.25, 0.3) is 0 Å². The van der Waals surface area contributed by atoms with Crippen LogP contribution in [-0.2, 0) is 0 Å². The van der Waals surface area contributed by atoms with Gasteiger partial charge in [-0.1, -0.05) is 29.3 Å². The lowest BCUT2D eigenvalue weighted by atomic mass is 10.1. The van der Waals surface area contributed by atoms with Crippen LogP contribution in [0.5, 0.6) is 11.5 Å². The summed E-state index contributed by atoms with van der Waals surface area (Å²) in [5.41, 5.74) is 1.30. The zero-order valence-corrected chi connectivity index (χ0v) is 13.6. The summed E-state index contributed by atoms with van der Waals surface area (Å²) >= 11 is 14.3. The topological polar surface area (TPSA) is 31.4 Å². The molecule has 0 saturated heterocycles. The molecule has 6 heteroatoms. The van der Waals surface area contributed by atoms with E-state index in [9.17, 15) is 0 Å². The van der Waals surface area contributed by atoms with Crippen molar-refractivity contribution < 1.29 is 9.47 Å². The first-order valence-corrected chi connectivity index (χ1v) is 7.71. The predicted molar refractivity (Wildman–Crippen MR) is 84.6 cm³/mol. The molecular formula is C14H13Cl2NO2S.